The van der Waals surface area contributed by atoms with Crippen molar-refractivity contribution in [3.63, 3.8) is 0 Å². The Kier molecular flexibility index (Phi) is 5.71. The average molecular weight is 465 g/mol. The summed E-state index contributed by atoms with van der Waals surface area (Å²) in [5.41, 5.74) is -1.83. The third-order valence-electron chi connectivity index (χ3n) is 4.94. The van der Waals surface area contributed by atoms with E-state index in [1.165, 1.54) is 30.3 Å². The summed E-state index contributed by atoms with van der Waals surface area (Å²) in [6.07, 6.45) is 0.382. The molecule has 0 aliphatic carbocycles. The third-order valence-corrected chi connectivity index (χ3v) is 4.94. The number of fused-ring (bicyclic) bond motifs is 2. The van der Waals surface area contributed by atoms with Gasteiger partial charge in [0, 0.05) is 17.2 Å². The van der Waals surface area contributed by atoms with Gasteiger partial charge in [0.05, 0.1) is 16.8 Å². The summed E-state index contributed by atoms with van der Waals surface area (Å²) in [4.78, 5) is 37.3. The maximum atomic E-state index is 14.7. The summed E-state index contributed by atoms with van der Waals surface area (Å²) in [5, 5.41) is -0.367. The largest absolute Gasteiger partial charge is 0.433 e. The summed E-state index contributed by atoms with van der Waals surface area (Å²) >= 11 is 0. The minimum absolute atomic E-state index is 0.135. The molecule has 170 valence electrons. The monoisotopic (exact) mass is 465 g/mol. The number of hydrogen-bond acceptors (Lipinski definition) is 5. The Morgan fingerprint density at radius 2 is 1.36 bits per heavy atom. The van der Waals surface area contributed by atoms with Crippen molar-refractivity contribution in [3.05, 3.63) is 65.0 Å². The van der Waals surface area contributed by atoms with E-state index in [-0.39, 0.29) is 22.8 Å². The van der Waals surface area contributed by atoms with E-state index in [9.17, 15) is 36.3 Å². The molecule has 0 saturated heterocycles. The lowest BCUT2D eigenvalue weighted by Crippen LogP contribution is -2.30. The zero-order valence-corrected chi connectivity index (χ0v) is 16.4. The lowest BCUT2D eigenvalue weighted by Gasteiger charge is -2.16. The first kappa shape index (κ1) is 22.2. The molecule has 1 heterocycles. The standard InChI is InChI=1S/C22H12F5NO5/c23-13-9-10(7-8-29)5-6-14(13)28-19(30)15-16(20(28)31)18(33-22(26)27)12-4-2-1-3-11(12)17(15)32-21(24)25/h1-6,8-9,21-22H,7H2. The van der Waals surface area contributed by atoms with Crippen LogP contribution < -0.4 is 14.4 Å². The summed E-state index contributed by atoms with van der Waals surface area (Å²) in [7, 11) is 0. The number of amides is 2. The number of aldehydes is 1. The Balaban J connectivity index is 1.99. The molecule has 2 amide bonds. The van der Waals surface area contributed by atoms with Crippen LogP contribution in [-0.2, 0) is 11.2 Å². The topological polar surface area (TPSA) is 72.9 Å². The van der Waals surface area contributed by atoms with Crippen LogP contribution in [0.1, 0.15) is 26.3 Å². The molecule has 0 aromatic heterocycles. The number of carbonyl (C=O) groups is 3. The highest BCUT2D eigenvalue weighted by Gasteiger charge is 2.45. The van der Waals surface area contributed by atoms with Crippen molar-refractivity contribution in [3.8, 4) is 11.5 Å². The highest BCUT2D eigenvalue weighted by atomic mass is 19.3. The van der Waals surface area contributed by atoms with E-state index in [1.807, 2.05) is 0 Å². The zero-order chi connectivity index (χ0) is 23.9. The van der Waals surface area contributed by atoms with E-state index >= 15 is 0 Å². The lowest BCUT2D eigenvalue weighted by molar-refractivity contribution is -0.107. The molecule has 11 heteroatoms. The molecule has 0 saturated carbocycles. The van der Waals surface area contributed by atoms with Crippen LogP contribution in [0.25, 0.3) is 10.8 Å². The maximum absolute atomic E-state index is 14.7. The van der Waals surface area contributed by atoms with Crippen LogP contribution in [-0.4, -0.2) is 31.3 Å². The molecular formula is C22H12F5NO5. The molecule has 0 spiro atoms. The summed E-state index contributed by atoms with van der Waals surface area (Å²) in [6, 6.07) is 8.43. The Labute approximate surface area is 182 Å². The molecule has 6 nitrogen and oxygen atoms in total. The Morgan fingerprint density at radius 1 is 0.848 bits per heavy atom. The van der Waals surface area contributed by atoms with Gasteiger partial charge < -0.3 is 14.3 Å². The van der Waals surface area contributed by atoms with E-state index < -0.39 is 59.2 Å². The zero-order valence-electron chi connectivity index (χ0n) is 16.4. The fourth-order valence-corrected chi connectivity index (χ4v) is 3.70. The SMILES string of the molecule is O=CCc1ccc(N2C(=O)c3c(c(OC(F)F)c4ccccc4c3OC(F)F)C2=O)c(F)c1. The van der Waals surface area contributed by atoms with Gasteiger partial charge in [-0.1, -0.05) is 30.3 Å². The van der Waals surface area contributed by atoms with Crippen LogP contribution in [0.3, 0.4) is 0 Å². The van der Waals surface area contributed by atoms with Crippen LogP contribution in [0, 0.1) is 5.82 Å². The number of imide groups is 1. The van der Waals surface area contributed by atoms with Crippen LogP contribution in [0.5, 0.6) is 11.5 Å². The van der Waals surface area contributed by atoms with E-state index in [0.29, 0.717) is 11.2 Å². The van der Waals surface area contributed by atoms with Gasteiger partial charge in [-0.2, -0.15) is 17.6 Å². The van der Waals surface area contributed by atoms with Gasteiger partial charge in [-0.15, -0.1) is 0 Å². The Hall–Kier alpha value is -4.02. The summed E-state index contributed by atoms with van der Waals surface area (Å²) in [6.45, 7) is -6.84. The van der Waals surface area contributed by atoms with Crippen molar-refractivity contribution in [2.75, 3.05) is 4.90 Å². The molecule has 3 aromatic rings. The van der Waals surface area contributed by atoms with Crippen molar-refractivity contribution in [1.82, 2.24) is 0 Å². The van der Waals surface area contributed by atoms with Gasteiger partial charge in [-0.25, -0.2) is 9.29 Å². The first-order valence-corrected chi connectivity index (χ1v) is 9.33. The number of ether oxygens (including phenoxy) is 2. The lowest BCUT2D eigenvalue weighted by atomic mass is 9.99. The number of benzene rings is 3. The second-order valence-corrected chi connectivity index (χ2v) is 6.81. The van der Waals surface area contributed by atoms with Crippen molar-refractivity contribution < 1.29 is 45.8 Å². The molecule has 3 aromatic carbocycles. The van der Waals surface area contributed by atoms with E-state index in [1.54, 1.807) is 0 Å². The predicted molar refractivity (Wildman–Crippen MR) is 105 cm³/mol. The van der Waals surface area contributed by atoms with E-state index in [2.05, 4.69) is 9.47 Å². The molecule has 1 aliphatic rings. The molecule has 0 fully saturated rings. The molecule has 0 radical (unpaired) electrons. The van der Waals surface area contributed by atoms with Crippen molar-refractivity contribution in [1.29, 1.82) is 0 Å². The normalized spacial score (nSPS) is 13.2. The molecule has 0 atom stereocenters. The average Bonchev–Trinajstić information content (AvgIpc) is 3.01. The molecule has 1 aliphatic heterocycles. The minimum Gasteiger partial charge on any atom is -0.433 e. The molecular weight excluding hydrogens is 453 g/mol. The van der Waals surface area contributed by atoms with Gasteiger partial charge in [0.15, 0.2) is 0 Å². The minimum atomic E-state index is -3.42. The Bertz CT molecular complexity index is 1230. The van der Waals surface area contributed by atoms with Gasteiger partial charge in [-0.3, -0.25) is 9.59 Å². The molecule has 0 unspecified atom stereocenters. The van der Waals surface area contributed by atoms with Gasteiger partial charge in [-0.05, 0) is 17.7 Å². The number of rotatable bonds is 7. The number of carbonyl (C=O) groups excluding carboxylic acids is 3. The number of hydrogen-bond donors (Lipinski definition) is 0. The maximum Gasteiger partial charge on any atom is 0.387 e. The number of nitrogens with zero attached hydrogens (tertiary/aromatic N) is 1. The molecule has 4 rings (SSSR count). The second kappa shape index (κ2) is 8.49. The fourth-order valence-electron chi connectivity index (χ4n) is 3.70. The van der Waals surface area contributed by atoms with E-state index in [0.717, 1.165) is 12.1 Å². The first-order valence-electron chi connectivity index (χ1n) is 9.33. The van der Waals surface area contributed by atoms with Crippen LogP contribution >= 0.6 is 0 Å². The van der Waals surface area contributed by atoms with Gasteiger partial charge >= 0.3 is 13.2 Å². The third kappa shape index (κ3) is 3.75. The van der Waals surface area contributed by atoms with Gasteiger partial charge in [0.25, 0.3) is 11.8 Å². The van der Waals surface area contributed by atoms with Crippen molar-refractivity contribution >= 4 is 34.6 Å². The van der Waals surface area contributed by atoms with Crippen molar-refractivity contribution in [2.45, 2.75) is 19.6 Å². The van der Waals surface area contributed by atoms with Crippen LogP contribution in [0.4, 0.5) is 27.6 Å². The molecule has 33 heavy (non-hydrogen) atoms. The quantitative estimate of drug-likeness (QED) is 0.287. The summed E-state index contributed by atoms with van der Waals surface area (Å²) < 4.78 is 76.5. The number of alkyl halides is 4. The second-order valence-electron chi connectivity index (χ2n) is 6.81. The van der Waals surface area contributed by atoms with Crippen molar-refractivity contribution in [2.24, 2.45) is 0 Å². The molecule has 0 bridgehead atoms. The highest BCUT2D eigenvalue weighted by molar-refractivity contribution is 6.38. The summed E-state index contributed by atoms with van der Waals surface area (Å²) in [5.74, 6) is -5.05. The number of anilines is 1. The fraction of sp³-hybridized carbons (Fsp3) is 0.136. The van der Waals surface area contributed by atoms with Gasteiger partial charge in [0.1, 0.15) is 23.6 Å². The van der Waals surface area contributed by atoms with Gasteiger partial charge in [0.2, 0.25) is 0 Å². The molecule has 0 N–H and O–H groups in total. The van der Waals surface area contributed by atoms with E-state index in [4.69, 9.17) is 0 Å². The predicted octanol–water partition coefficient (Wildman–Crippen LogP) is 4.72. The van der Waals surface area contributed by atoms with Crippen LogP contribution in [0.2, 0.25) is 0 Å². The first-order chi connectivity index (χ1) is 15.7. The smallest absolute Gasteiger partial charge is 0.387 e. The Morgan fingerprint density at radius 3 is 1.79 bits per heavy atom. The highest BCUT2D eigenvalue weighted by Crippen LogP contribution is 2.47. The van der Waals surface area contributed by atoms with Crippen LogP contribution in [0.15, 0.2) is 42.5 Å². The number of halogens is 5.